The molecule has 1 aromatic rings. The largest absolute Gasteiger partial charge is 0.388 e. The van der Waals surface area contributed by atoms with Crippen LogP contribution in [0.15, 0.2) is 18.2 Å². The van der Waals surface area contributed by atoms with Gasteiger partial charge in [0.2, 0.25) is 0 Å². The zero-order chi connectivity index (χ0) is 11.4. The van der Waals surface area contributed by atoms with Gasteiger partial charge in [0, 0.05) is 19.1 Å². The van der Waals surface area contributed by atoms with Gasteiger partial charge < -0.3 is 9.84 Å². The van der Waals surface area contributed by atoms with Crippen LogP contribution in [0.1, 0.15) is 18.6 Å². The molecule has 0 radical (unpaired) electrons. The molecule has 15 heavy (non-hydrogen) atoms. The lowest BCUT2D eigenvalue weighted by Gasteiger charge is -2.18. The van der Waals surface area contributed by atoms with Gasteiger partial charge in [-0.2, -0.15) is 0 Å². The van der Waals surface area contributed by atoms with Crippen LogP contribution in [0.3, 0.4) is 0 Å². The van der Waals surface area contributed by atoms with Gasteiger partial charge in [0.15, 0.2) is 0 Å². The SMILES string of the molecule is COCC(C)C(O)c1cc(F)cc(F)c1. The molecule has 2 unspecified atom stereocenters. The van der Waals surface area contributed by atoms with Crippen molar-refractivity contribution in [1.29, 1.82) is 0 Å². The summed E-state index contributed by atoms with van der Waals surface area (Å²) < 4.78 is 30.6. The van der Waals surface area contributed by atoms with E-state index >= 15 is 0 Å². The molecule has 0 saturated heterocycles. The number of rotatable bonds is 4. The van der Waals surface area contributed by atoms with E-state index in [1.165, 1.54) is 7.11 Å². The zero-order valence-corrected chi connectivity index (χ0v) is 8.71. The van der Waals surface area contributed by atoms with Crippen LogP contribution in [0, 0.1) is 17.6 Å². The van der Waals surface area contributed by atoms with Crippen molar-refractivity contribution in [1.82, 2.24) is 0 Å². The second kappa shape index (κ2) is 5.19. The highest BCUT2D eigenvalue weighted by atomic mass is 19.1. The molecule has 0 saturated carbocycles. The lowest BCUT2D eigenvalue weighted by Crippen LogP contribution is -2.14. The predicted molar refractivity (Wildman–Crippen MR) is 52.4 cm³/mol. The standard InChI is InChI=1S/C11H14F2O2/c1-7(6-15-2)11(14)8-3-9(12)5-10(13)4-8/h3-5,7,11,14H,6H2,1-2H3. The third-order valence-electron chi connectivity index (χ3n) is 2.19. The van der Waals surface area contributed by atoms with Crippen molar-refractivity contribution >= 4 is 0 Å². The normalized spacial score (nSPS) is 15.0. The maximum Gasteiger partial charge on any atom is 0.126 e. The second-order valence-corrected chi connectivity index (χ2v) is 3.58. The number of aliphatic hydroxyl groups excluding tert-OH is 1. The molecule has 0 aliphatic carbocycles. The van der Waals surface area contributed by atoms with Crippen LogP contribution >= 0.6 is 0 Å². The Kier molecular flexibility index (Phi) is 4.17. The molecule has 1 rings (SSSR count). The van der Waals surface area contributed by atoms with Gasteiger partial charge in [0.1, 0.15) is 11.6 Å². The van der Waals surface area contributed by atoms with Gasteiger partial charge in [-0.25, -0.2) is 8.78 Å². The Hall–Kier alpha value is -1.00. The summed E-state index contributed by atoms with van der Waals surface area (Å²) in [5, 5.41) is 9.76. The summed E-state index contributed by atoms with van der Waals surface area (Å²) in [6, 6.07) is 3.02. The molecule has 0 aromatic heterocycles. The first-order valence-electron chi connectivity index (χ1n) is 4.67. The Morgan fingerprint density at radius 3 is 2.27 bits per heavy atom. The number of halogens is 2. The average molecular weight is 216 g/mol. The number of hydrogen-bond donors (Lipinski definition) is 1. The molecule has 0 spiro atoms. The summed E-state index contributed by atoms with van der Waals surface area (Å²) in [5.74, 6) is -1.58. The molecule has 0 aliphatic rings. The van der Waals surface area contributed by atoms with Crippen LogP contribution in [0.5, 0.6) is 0 Å². The number of aliphatic hydroxyl groups is 1. The van der Waals surface area contributed by atoms with Crippen molar-refractivity contribution in [2.75, 3.05) is 13.7 Å². The first-order valence-corrected chi connectivity index (χ1v) is 4.67. The maximum absolute atomic E-state index is 12.9. The molecule has 0 amide bonds. The summed E-state index contributed by atoms with van der Waals surface area (Å²) in [6.07, 6.45) is -0.921. The third-order valence-corrected chi connectivity index (χ3v) is 2.19. The minimum absolute atomic E-state index is 0.212. The summed E-state index contributed by atoms with van der Waals surface area (Å²) >= 11 is 0. The highest BCUT2D eigenvalue weighted by molar-refractivity contribution is 5.20. The topological polar surface area (TPSA) is 29.5 Å². The smallest absolute Gasteiger partial charge is 0.126 e. The molecule has 2 atom stereocenters. The van der Waals surface area contributed by atoms with Crippen LogP contribution in [-0.4, -0.2) is 18.8 Å². The van der Waals surface area contributed by atoms with Gasteiger partial charge in [0.25, 0.3) is 0 Å². The van der Waals surface area contributed by atoms with Gasteiger partial charge in [0.05, 0.1) is 12.7 Å². The van der Waals surface area contributed by atoms with Crippen molar-refractivity contribution < 1.29 is 18.6 Å². The zero-order valence-electron chi connectivity index (χ0n) is 8.71. The highest BCUT2D eigenvalue weighted by Gasteiger charge is 2.17. The third kappa shape index (κ3) is 3.25. The molecule has 0 heterocycles. The number of benzene rings is 1. The molecular weight excluding hydrogens is 202 g/mol. The summed E-state index contributed by atoms with van der Waals surface area (Å²) in [5.41, 5.74) is 0.233. The van der Waals surface area contributed by atoms with E-state index < -0.39 is 17.7 Å². The van der Waals surface area contributed by atoms with Crippen molar-refractivity contribution in [2.24, 2.45) is 5.92 Å². The Labute approximate surface area is 87.5 Å². The number of hydrogen-bond acceptors (Lipinski definition) is 2. The van der Waals surface area contributed by atoms with Crippen molar-refractivity contribution in [3.05, 3.63) is 35.4 Å². The molecule has 4 heteroatoms. The van der Waals surface area contributed by atoms with E-state index in [2.05, 4.69) is 0 Å². The highest BCUT2D eigenvalue weighted by Crippen LogP contribution is 2.23. The van der Waals surface area contributed by atoms with Crippen LogP contribution in [-0.2, 0) is 4.74 Å². The summed E-state index contributed by atoms with van der Waals surface area (Å²) in [4.78, 5) is 0. The van der Waals surface area contributed by atoms with E-state index in [9.17, 15) is 13.9 Å². The Morgan fingerprint density at radius 1 is 1.27 bits per heavy atom. The summed E-state index contributed by atoms with van der Waals surface area (Å²) in [6.45, 7) is 2.08. The average Bonchev–Trinajstić information content (AvgIpc) is 2.15. The monoisotopic (exact) mass is 216 g/mol. The Bertz CT molecular complexity index is 308. The lowest BCUT2D eigenvalue weighted by atomic mass is 9.98. The molecule has 0 bridgehead atoms. The fourth-order valence-electron chi connectivity index (χ4n) is 1.43. The molecule has 0 aliphatic heterocycles. The van der Waals surface area contributed by atoms with E-state index in [0.717, 1.165) is 18.2 Å². The first kappa shape index (κ1) is 12.1. The van der Waals surface area contributed by atoms with Gasteiger partial charge in [-0.3, -0.25) is 0 Å². The fourth-order valence-corrected chi connectivity index (χ4v) is 1.43. The molecule has 2 nitrogen and oxygen atoms in total. The molecule has 1 aromatic carbocycles. The predicted octanol–water partition coefficient (Wildman–Crippen LogP) is 2.28. The summed E-state index contributed by atoms with van der Waals surface area (Å²) in [7, 11) is 1.51. The van der Waals surface area contributed by atoms with Gasteiger partial charge in [-0.05, 0) is 17.7 Å². The van der Waals surface area contributed by atoms with E-state index in [0.29, 0.717) is 6.61 Å². The van der Waals surface area contributed by atoms with Crippen LogP contribution < -0.4 is 0 Å². The number of methoxy groups -OCH3 is 1. The van der Waals surface area contributed by atoms with Gasteiger partial charge in [-0.15, -0.1) is 0 Å². The Balaban J connectivity index is 2.85. The van der Waals surface area contributed by atoms with Crippen molar-refractivity contribution in [3.63, 3.8) is 0 Å². The quantitative estimate of drug-likeness (QED) is 0.836. The van der Waals surface area contributed by atoms with E-state index in [-0.39, 0.29) is 11.5 Å². The minimum atomic E-state index is -0.921. The van der Waals surface area contributed by atoms with E-state index in [4.69, 9.17) is 4.74 Å². The maximum atomic E-state index is 12.9. The first-order chi connectivity index (χ1) is 7.04. The Morgan fingerprint density at radius 2 is 1.80 bits per heavy atom. The second-order valence-electron chi connectivity index (χ2n) is 3.58. The van der Waals surface area contributed by atoms with Crippen LogP contribution in [0.25, 0.3) is 0 Å². The minimum Gasteiger partial charge on any atom is -0.388 e. The van der Waals surface area contributed by atoms with E-state index in [1.54, 1.807) is 6.92 Å². The molecule has 84 valence electrons. The molecule has 1 N–H and O–H groups in total. The lowest BCUT2D eigenvalue weighted by molar-refractivity contribution is 0.0563. The van der Waals surface area contributed by atoms with Gasteiger partial charge >= 0.3 is 0 Å². The van der Waals surface area contributed by atoms with Gasteiger partial charge in [-0.1, -0.05) is 6.92 Å². The van der Waals surface area contributed by atoms with Crippen molar-refractivity contribution in [3.8, 4) is 0 Å². The van der Waals surface area contributed by atoms with E-state index in [1.807, 2.05) is 0 Å². The van der Waals surface area contributed by atoms with Crippen molar-refractivity contribution in [2.45, 2.75) is 13.0 Å². The van der Waals surface area contributed by atoms with Crippen LogP contribution in [0.2, 0.25) is 0 Å². The molecular formula is C11H14F2O2. The fraction of sp³-hybridized carbons (Fsp3) is 0.455. The molecule has 0 fully saturated rings. The number of ether oxygens (including phenoxy) is 1. The van der Waals surface area contributed by atoms with Crippen LogP contribution in [0.4, 0.5) is 8.78 Å².